The number of benzene rings is 1. The standard InChI is InChI=1S/C14H14FN3O/c1-8-6-11-13(12(19)7-8)14(18-17-11)16-10-5-3-2-4-9(10)15/h2-5,8H,6-7H2,1H3,(H2,16,17,18). The van der Waals surface area contributed by atoms with Gasteiger partial charge in [0.25, 0.3) is 0 Å². The Bertz CT molecular complexity index is 635. The topological polar surface area (TPSA) is 57.8 Å². The predicted octanol–water partition coefficient (Wildman–Crippen LogP) is 3.06. The first kappa shape index (κ1) is 11.9. The quantitative estimate of drug-likeness (QED) is 0.871. The van der Waals surface area contributed by atoms with Gasteiger partial charge >= 0.3 is 0 Å². The summed E-state index contributed by atoms with van der Waals surface area (Å²) in [5.74, 6) is 0.427. The molecule has 2 aromatic rings. The molecule has 0 saturated carbocycles. The first-order chi connectivity index (χ1) is 9.15. The molecule has 1 aliphatic carbocycles. The van der Waals surface area contributed by atoms with Crippen LogP contribution >= 0.6 is 0 Å². The van der Waals surface area contributed by atoms with Crippen molar-refractivity contribution in [1.29, 1.82) is 0 Å². The Morgan fingerprint density at radius 2 is 2.16 bits per heavy atom. The fraction of sp³-hybridized carbons (Fsp3) is 0.286. The van der Waals surface area contributed by atoms with Gasteiger partial charge in [-0.25, -0.2) is 4.39 Å². The molecule has 0 spiro atoms. The van der Waals surface area contributed by atoms with Gasteiger partial charge in [0.2, 0.25) is 0 Å². The number of rotatable bonds is 2. The minimum absolute atomic E-state index is 0.0568. The number of fused-ring (bicyclic) bond motifs is 1. The number of aromatic amines is 1. The van der Waals surface area contributed by atoms with Crippen LogP contribution in [0.25, 0.3) is 0 Å². The van der Waals surface area contributed by atoms with Gasteiger partial charge in [0, 0.05) is 12.1 Å². The monoisotopic (exact) mass is 259 g/mol. The van der Waals surface area contributed by atoms with Crippen LogP contribution in [0.3, 0.4) is 0 Å². The molecule has 19 heavy (non-hydrogen) atoms. The molecule has 98 valence electrons. The summed E-state index contributed by atoms with van der Waals surface area (Å²) < 4.78 is 13.6. The number of para-hydroxylation sites is 1. The number of carbonyl (C=O) groups is 1. The van der Waals surface area contributed by atoms with Crippen LogP contribution in [0.4, 0.5) is 15.9 Å². The molecule has 4 nitrogen and oxygen atoms in total. The maximum absolute atomic E-state index is 13.6. The molecule has 1 unspecified atom stereocenters. The summed E-state index contributed by atoms with van der Waals surface area (Å²) in [6, 6.07) is 6.33. The van der Waals surface area contributed by atoms with Gasteiger partial charge in [0.1, 0.15) is 5.82 Å². The van der Waals surface area contributed by atoms with Crippen molar-refractivity contribution in [3.05, 3.63) is 41.3 Å². The van der Waals surface area contributed by atoms with E-state index < -0.39 is 0 Å². The van der Waals surface area contributed by atoms with E-state index in [4.69, 9.17) is 0 Å². The van der Waals surface area contributed by atoms with Crippen LogP contribution in [-0.2, 0) is 6.42 Å². The van der Waals surface area contributed by atoms with Crippen LogP contribution < -0.4 is 5.32 Å². The smallest absolute Gasteiger partial charge is 0.168 e. The molecule has 3 rings (SSSR count). The summed E-state index contributed by atoms with van der Waals surface area (Å²) in [5.41, 5.74) is 1.73. The lowest BCUT2D eigenvalue weighted by Gasteiger charge is -2.17. The Morgan fingerprint density at radius 1 is 1.37 bits per heavy atom. The van der Waals surface area contributed by atoms with Gasteiger partial charge in [-0.2, -0.15) is 5.10 Å². The van der Waals surface area contributed by atoms with E-state index in [-0.39, 0.29) is 11.6 Å². The summed E-state index contributed by atoms with van der Waals surface area (Å²) in [7, 11) is 0. The lowest BCUT2D eigenvalue weighted by molar-refractivity contribution is 0.0954. The van der Waals surface area contributed by atoms with Crippen molar-refractivity contribution in [3.63, 3.8) is 0 Å². The Hall–Kier alpha value is -2.17. The lowest BCUT2D eigenvalue weighted by atomic mass is 9.88. The van der Waals surface area contributed by atoms with E-state index in [9.17, 15) is 9.18 Å². The van der Waals surface area contributed by atoms with Crippen molar-refractivity contribution in [2.45, 2.75) is 19.8 Å². The fourth-order valence-corrected chi connectivity index (χ4v) is 2.45. The van der Waals surface area contributed by atoms with E-state index in [0.717, 1.165) is 12.1 Å². The normalized spacial score (nSPS) is 18.2. The molecule has 0 fully saturated rings. The third-order valence-corrected chi connectivity index (χ3v) is 3.33. The average Bonchev–Trinajstić information content (AvgIpc) is 2.75. The highest BCUT2D eigenvalue weighted by molar-refractivity contribution is 6.03. The van der Waals surface area contributed by atoms with Gasteiger partial charge in [0.05, 0.1) is 11.3 Å². The number of hydrogen-bond donors (Lipinski definition) is 2. The van der Waals surface area contributed by atoms with E-state index in [1.807, 2.05) is 6.92 Å². The molecule has 1 heterocycles. The van der Waals surface area contributed by atoms with E-state index in [0.29, 0.717) is 29.4 Å². The second-order valence-corrected chi connectivity index (χ2v) is 4.97. The molecule has 1 aromatic carbocycles. The van der Waals surface area contributed by atoms with Crippen molar-refractivity contribution in [2.24, 2.45) is 5.92 Å². The molecule has 2 N–H and O–H groups in total. The largest absolute Gasteiger partial charge is 0.336 e. The molecule has 1 aliphatic rings. The lowest BCUT2D eigenvalue weighted by Crippen LogP contribution is -2.17. The highest BCUT2D eigenvalue weighted by Gasteiger charge is 2.28. The summed E-state index contributed by atoms with van der Waals surface area (Å²) in [6.45, 7) is 2.03. The number of ketones is 1. The van der Waals surface area contributed by atoms with Crippen molar-refractivity contribution in [3.8, 4) is 0 Å². The molecular weight excluding hydrogens is 245 g/mol. The van der Waals surface area contributed by atoms with Crippen molar-refractivity contribution < 1.29 is 9.18 Å². The number of aromatic nitrogens is 2. The number of H-pyrrole nitrogens is 1. The third-order valence-electron chi connectivity index (χ3n) is 3.33. The van der Waals surface area contributed by atoms with Crippen LogP contribution in [-0.4, -0.2) is 16.0 Å². The number of carbonyl (C=O) groups excluding carboxylic acids is 1. The zero-order valence-corrected chi connectivity index (χ0v) is 10.5. The number of nitrogens with one attached hydrogen (secondary N) is 2. The van der Waals surface area contributed by atoms with Crippen molar-refractivity contribution in [1.82, 2.24) is 10.2 Å². The molecule has 1 atom stereocenters. The van der Waals surface area contributed by atoms with Gasteiger partial charge in [-0.05, 0) is 24.5 Å². The van der Waals surface area contributed by atoms with Crippen LogP contribution in [0.2, 0.25) is 0 Å². The number of anilines is 2. The van der Waals surface area contributed by atoms with Crippen LogP contribution in [0.1, 0.15) is 29.4 Å². The zero-order chi connectivity index (χ0) is 13.4. The number of Topliss-reactive ketones (excluding diaryl/α,β-unsaturated/α-hetero) is 1. The van der Waals surface area contributed by atoms with Gasteiger partial charge in [-0.15, -0.1) is 0 Å². The molecular formula is C14H14FN3O. The second-order valence-electron chi connectivity index (χ2n) is 4.97. The van der Waals surface area contributed by atoms with E-state index in [1.165, 1.54) is 6.07 Å². The van der Waals surface area contributed by atoms with E-state index >= 15 is 0 Å². The van der Waals surface area contributed by atoms with Gasteiger partial charge < -0.3 is 5.32 Å². The van der Waals surface area contributed by atoms with Gasteiger partial charge in [0.15, 0.2) is 11.6 Å². The van der Waals surface area contributed by atoms with Crippen LogP contribution in [0, 0.1) is 11.7 Å². The zero-order valence-electron chi connectivity index (χ0n) is 10.5. The van der Waals surface area contributed by atoms with Crippen molar-refractivity contribution >= 4 is 17.3 Å². The molecule has 0 bridgehead atoms. The number of halogens is 1. The Balaban J connectivity index is 1.96. The van der Waals surface area contributed by atoms with Crippen LogP contribution in [0.5, 0.6) is 0 Å². The first-order valence-corrected chi connectivity index (χ1v) is 6.27. The Kier molecular flexibility index (Phi) is 2.81. The predicted molar refractivity (Wildman–Crippen MR) is 70.1 cm³/mol. The minimum Gasteiger partial charge on any atom is -0.336 e. The summed E-state index contributed by atoms with van der Waals surface area (Å²) >= 11 is 0. The minimum atomic E-state index is -0.365. The molecule has 0 radical (unpaired) electrons. The van der Waals surface area contributed by atoms with Crippen molar-refractivity contribution in [2.75, 3.05) is 5.32 Å². The summed E-state index contributed by atoms with van der Waals surface area (Å²) in [5, 5.41) is 9.85. The number of nitrogens with zero attached hydrogens (tertiary/aromatic N) is 1. The fourth-order valence-electron chi connectivity index (χ4n) is 2.45. The van der Waals surface area contributed by atoms with Crippen LogP contribution in [0.15, 0.2) is 24.3 Å². The SMILES string of the molecule is CC1CC(=O)c2c(Nc3ccccc3F)n[nH]c2C1. The maximum Gasteiger partial charge on any atom is 0.168 e. The van der Waals surface area contributed by atoms with E-state index in [1.54, 1.807) is 18.2 Å². The molecule has 0 amide bonds. The second kappa shape index (κ2) is 4.50. The molecule has 5 heteroatoms. The average molecular weight is 259 g/mol. The third kappa shape index (κ3) is 2.12. The van der Waals surface area contributed by atoms with Gasteiger partial charge in [-0.1, -0.05) is 19.1 Å². The Morgan fingerprint density at radius 3 is 2.95 bits per heavy atom. The molecule has 0 aliphatic heterocycles. The highest BCUT2D eigenvalue weighted by atomic mass is 19.1. The molecule has 0 saturated heterocycles. The summed E-state index contributed by atoms with van der Waals surface area (Å²) in [6.07, 6.45) is 1.31. The maximum atomic E-state index is 13.6. The van der Waals surface area contributed by atoms with Gasteiger partial charge in [-0.3, -0.25) is 9.89 Å². The Labute approximate surface area is 110 Å². The molecule has 1 aromatic heterocycles. The first-order valence-electron chi connectivity index (χ1n) is 6.27. The number of hydrogen-bond acceptors (Lipinski definition) is 3. The van der Waals surface area contributed by atoms with E-state index in [2.05, 4.69) is 15.5 Å². The summed E-state index contributed by atoms with van der Waals surface area (Å²) in [4.78, 5) is 12.1. The highest BCUT2D eigenvalue weighted by Crippen LogP contribution is 2.30.